The zero-order valence-electron chi connectivity index (χ0n) is 10.8. The summed E-state index contributed by atoms with van der Waals surface area (Å²) in [5, 5.41) is 3.87. The van der Waals surface area contributed by atoms with Gasteiger partial charge in [0, 0.05) is 15.5 Å². The molecular weight excluding hydrogens is 326 g/mol. The van der Waals surface area contributed by atoms with E-state index in [9.17, 15) is 0 Å². The Bertz CT molecular complexity index is 574. The second-order valence-electron chi connectivity index (χ2n) is 4.25. The Kier molecular flexibility index (Phi) is 4.86. The minimum absolute atomic E-state index is 0.287. The molecule has 0 saturated carbocycles. The molecule has 2 aromatic carbocycles. The highest BCUT2D eigenvalue weighted by Crippen LogP contribution is 2.30. The first-order valence-corrected chi connectivity index (χ1v) is 7.17. The second-order valence-corrected chi connectivity index (χ2v) is 5.54. The molecule has 0 bridgehead atoms. The second kappa shape index (κ2) is 6.42. The van der Waals surface area contributed by atoms with Gasteiger partial charge in [-0.3, -0.25) is 0 Å². The molecule has 0 saturated heterocycles. The van der Waals surface area contributed by atoms with Crippen molar-refractivity contribution in [3.63, 3.8) is 0 Å². The Morgan fingerprint density at radius 3 is 2.53 bits per heavy atom. The fourth-order valence-corrected chi connectivity index (χ4v) is 2.63. The molecule has 0 aliphatic carbocycles. The first-order chi connectivity index (χ1) is 9.10. The van der Waals surface area contributed by atoms with Crippen molar-refractivity contribution < 1.29 is 4.74 Å². The highest BCUT2D eigenvalue weighted by atomic mass is 79.9. The minimum atomic E-state index is 0.287. The molecular formula is C15H15BrClNO. The molecule has 0 heterocycles. The molecule has 2 rings (SSSR count). The van der Waals surface area contributed by atoms with Gasteiger partial charge in [0.15, 0.2) is 0 Å². The van der Waals surface area contributed by atoms with Crippen LogP contribution < -0.4 is 10.1 Å². The normalized spacial score (nSPS) is 12.2. The number of hydrogen-bond acceptors (Lipinski definition) is 2. The van der Waals surface area contributed by atoms with Gasteiger partial charge in [-0.1, -0.05) is 39.7 Å². The third kappa shape index (κ3) is 3.72. The SMILES string of the molecule is CNC(C)c1ccc(Oc2cccc(Cl)c2)cc1Br. The Labute approximate surface area is 126 Å². The van der Waals surface area contributed by atoms with E-state index in [-0.39, 0.29) is 6.04 Å². The number of nitrogens with one attached hydrogen (secondary N) is 1. The molecule has 1 unspecified atom stereocenters. The average Bonchev–Trinajstić information content (AvgIpc) is 2.38. The van der Waals surface area contributed by atoms with Gasteiger partial charge < -0.3 is 10.1 Å². The molecule has 2 aromatic rings. The van der Waals surface area contributed by atoms with Gasteiger partial charge in [-0.05, 0) is 49.9 Å². The Hall–Kier alpha value is -1.03. The Balaban J connectivity index is 2.21. The van der Waals surface area contributed by atoms with Gasteiger partial charge in [-0.2, -0.15) is 0 Å². The topological polar surface area (TPSA) is 21.3 Å². The summed E-state index contributed by atoms with van der Waals surface area (Å²) in [7, 11) is 1.94. The molecule has 0 amide bonds. The van der Waals surface area contributed by atoms with Crippen LogP contribution >= 0.6 is 27.5 Å². The van der Waals surface area contributed by atoms with Crippen LogP contribution in [-0.2, 0) is 0 Å². The van der Waals surface area contributed by atoms with Crippen LogP contribution in [0, 0.1) is 0 Å². The summed E-state index contributed by atoms with van der Waals surface area (Å²) < 4.78 is 6.80. The van der Waals surface area contributed by atoms with E-state index in [2.05, 4.69) is 28.2 Å². The predicted octanol–water partition coefficient (Wildman–Crippen LogP) is 5.18. The van der Waals surface area contributed by atoms with Crippen LogP contribution in [0.5, 0.6) is 11.5 Å². The van der Waals surface area contributed by atoms with E-state index in [1.165, 1.54) is 5.56 Å². The van der Waals surface area contributed by atoms with E-state index in [0.29, 0.717) is 5.02 Å². The van der Waals surface area contributed by atoms with Crippen molar-refractivity contribution in [2.24, 2.45) is 0 Å². The monoisotopic (exact) mass is 339 g/mol. The van der Waals surface area contributed by atoms with Crippen LogP contribution in [0.2, 0.25) is 5.02 Å². The summed E-state index contributed by atoms with van der Waals surface area (Å²) in [6.07, 6.45) is 0. The van der Waals surface area contributed by atoms with Crippen molar-refractivity contribution in [1.29, 1.82) is 0 Å². The Morgan fingerprint density at radius 2 is 1.89 bits per heavy atom. The van der Waals surface area contributed by atoms with Crippen molar-refractivity contribution in [2.45, 2.75) is 13.0 Å². The van der Waals surface area contributed by atoms with Gasteiger partial charge in [-0.15, -0.1) is 0 Å². The average molecular weight is 341 g/mol. The first kappa shape index (κ1) is 14.4. The van der Waals surface area contributed by atoms with E-state index in [0.717, 1.165) is 16.0 Å². The summed E-state index contributed by atoms with van der Waals surface area (Å²) in [6, 6.07) is 13.6. The molecule has 0 radical (unpaired) electrons. The van der Waals surface area contributed by atoms with Gasteiger partial charge in [-0.25, -0.2) is 0 Å². The van der Waals surface area contributed by atoms with Crippen LogP contribution in [0.1, 0.15) is 18.5 Å². The van der Waals surface area contributed by atoms with E-state index >= 15 is 0 Å². The van der Waals surface area contributed by atoms with Gasteiger partial charge in [0.05, 0.1) is 0 Å². The molecule has 19 heavy (non-hydrogen) atoms. The van der Waals surface area contributed by atoms with Gasteiger partial charge >= 0.3 is 0 Å². The van der Waals surface area contributed by atoms with E-state index in [1.54, 1.807) is 6.07 Å². The van der Waals surface area contributed by atoms with Crippen LogP contribution in [0.3, 0.4) is 0 Å². The van der Waals surface area contributed by atoms with Crippen LogP contribution in [0.15, 0.2) is 46.9 Å². The predicted molar refractivity (Wildman–Crippen MR) is 83.1 cm³/mol. The summed E-state index contributed by atoms with van der Waals surface area (Å²) >= 11 is 9.50. The quantitative estimate of drug-likeness (QED) is 0.828. The number of halogens is 2. The summed E-state index contributed by atoms with van der Waals surface area (Å²) in [5.41, 5.74) is 1.20. The highest BCUT2D eigenvalue weighted by molar-refractivity contribution is 9.10. The fraction of sp³-hybridized carbons (Fsp3) is 0.200. The lowest BCUT2D eigenvalue weighted by atomic mass is 10.1. The van der Waals surface area contributed by atoms with Crippen molar-refractivity contribution in [3.8, 4) is 11.5 Å². The van der Waals surface area contributed by atoms with Crippen molar-refractivity contribution in [1.82, 2.24) is 5.32 Å². The molecule has 1 atom stereocenters. The van der Waals surface area contributed by atoms with Crippen molar-refractivity contribution in [3.05, 3.63) is 57.5 Å². The van der Waals surface area contributed by atoms with Crippen LogP contribution in [0.4, 0.5) is 0 Å². The van der Waals surface area contributed by atoms with Crippen molar-refractivity contribution in [2.75, 3.05) is 7.05 Å². The molecule has 0 aliphatic rings. The van der Waals surface area contributed by atoms with Gasteiger partial charge in [0.2, 0.25) is 0 Å². The summed E-state index contributed by atoms with van der Waals surface area (Å²) in [6.45, 7) is 2.11. The van der Waals surface area contributed by atoms with Crippen LogP contribution in [-0.4, -0.2) is 7.05 Å². The van der Waals surface area contributed by atoms with Gasteiger partial charge in [0.25, 0.3) is 0 Å². The molecule has 1 N–H and O–H groups in total. The van der Waals surface area contributed by atoms with Gasteiger partial charge in [0.1, 0.15) is 11.5 Å². The number of rotatable bonds is 4. The minimum Gasteiger partial charge on any atom is -0.457 e. The molecule has 2 nitrogen and oxygen atoms in total. The lowest BCUT2D eigenvalue weighted by molar-refractivity contribution is 0.481. The summed E-state index contributed by atoms with van der Waals surface area (Å²) in [5.74, 6) is 1.51. The third-order valence-corrected chi connectivity index (χ3v) is 3.83. The molecule has 0 aliphatic heterocycles. The first-order valence-electron chi connectivity index (χ1n) is 6.00. The smallest absolute Gasteiger partial charge is 0.128 e. The molecule has 100 valence electrons. The molecule has 0 fully saturated rings. The fourth-order valence-electron chi connectivity index (χ4n) is 1.74. The van der Waals surface area contributed by atoms with E-state index < -0.39 is 0 Å². The molecule has 4 heteroatoms. The van der Waals surface area contributed by atoms with Crippen LogP contribution in [0.25, 0.3) is 0 Å². The number of ether oxygens (including phenoxy) is 1. The molecule has 0 spiro atoms. The molecule has 0 aromatic heterocycles. The maximum Gasteiger partial charge on any atom is 0.128 e. The Morgan fingerprint density at radius 1 is 1.16 bits per heavy atom. The lowest BCUT2D eigenvalue weighted by Crippen LogP contribution is -2.12. The zero-order valence-corrected chi connectivity index (χ0v) is 13.1. The highest BCUT2D eigenvalue weighted by Gasteiger charge is 2.08. The largest absolute Gasteiger partial charge is 0.457 e. The maximum absolute atomic E-state index is 5.93. The zero-order chi connectivity index (χ0) is 13.8. The maximum atomic E-state index is 5.93. The number of benzene rings is 2. The lowest BCUT2D eigenvalue weighted by Gasteiger charge is -2.14. The third-order valence-electron chi connectivity index (χ3n) is 2.90. The van der Waals surface area contributed by atoms with Crippen molar-refractivity contribution >= 4 is 27.5 Å². The van der Waals surface area contributed by atoms with E-state index in [1.807, 2.05) is 43.4 Å². The number of hydrogen-bond donors (Lipinski definition) is 1. The standard InChI is InChI=1S/C15H15BrClNO/c1-10(18-2)14-7-6-13(9-15(14)16)19-12-5-3-4-11(17)8-12/h3-10,18H,1-2H3. The van der Waals surface area contributed by atoms with E-state index in [4.69, 9.17) is 16.3 Å². The summed E-state index contributed by atoms with van der Waals surface area (Å²) in [4.78, 5) is 0.